The molecule has 0 fully saturated rings. The maximum Gasteiger partial charge on any atom is 0.293 e. The predicted molar refractivity (Wildman–Crippen MR) is 119 cm³/mol. The molecule has 0 saturated carbocycles. The van der Waals surface area contributed by atoms with Crippen LogP contribution in [-0.2, 0) is 13.0 Å². The molecule has 0 saturated heterocycles. The summed E-state index contributed by atoms with van der Waals surface area (Å²) in [6.45, 7) is 4.00. The van der Waals surface area contributed by atoms with Gasteiger partial charge in [-0.25, -0.2) is 13.8 Å². The normalized spacial score (nSPS) is 13.9. The van der Waals surface area contributed by atoms with Gasteiger partial charge in [-0.15, -0.1) is 4.73 Å². The van der Waals surface area contributed by atoms with Gasteiger partial charge >= 0.3 is 0 Å². The van der Waals surface area contributed by atoms with Gasteiger partial charge in [0.15, 0.2) is 0 Å². The Morgan fingerprint density at radius 1 is 1.15 bits per heavy atom. The number of nitrogens with zero attached hydrogens (tertiary/aromatic N) is 3. The molecule has 1 aliphatic heterocycles. The van der Waals surface area contributed by atoms with Gasteiger partial charge in [0.2, 0.25) is 5.95 Å². The third-order valence-corrected chi connectivity index (χ3v) is 5.76. The van der Waals surface area contributed by atoms with Gasteiger partial charge in [-0.3, -0.25) is 9.59 Å². The lowest BCUT2D eigenvalue weighted by Crippen LogP contribution is -2.43. The van der Waals surface area contributed by atoms with E-state index in [2.05, 4.69) is 10.3 Å². The second-order valence-corrected chi connectivity index (χ2v) is 7.99. The van der Waals surface area contributed by atoms with Crippen molar-refractivity contribution >= 4 is 11.9 Å². The van der Waals surface area contributed by atoms with Crippen molar-refractivity contribution in [3.8, 4) is 0 Å². The molecule has 0 radical (unpaired) electrons. The second-order valence-electron chi connectivity index (χ2n) is 7.99. The number of aromatic nitrogens is 2. The summed E-state index contributed by atoms with van der Waals surface area (Å²) in [6, 6.07) is 11.1. The van der Waals surface area contributed by atoms with Crippen molar-refractivity contribution in [1.29, 1.82) is 0 Å². The minimum atomic E-state index is -0.942. The smallest absolute Gasteiger partial charge is 0.293 e. The summed E-state index contributed by atoms with van der Waals surface area (Å²) < 4.78 is 29.2. The van der Waals surface area contributed by atoms with Crippen molar-refractivity contribution in [3.05, 3.63) is 92.4 Å². The topological polar surface area (TPSA) is 76.5 Å². The molecule has 2 heterocycles. The van der Waals surface area contributed by atoms with E-state index in [1.165, 1.54) is 18.1 Å². The molecule has 9 heteroatoms. The fraction of sp³-hybridized carbons (Fsp3) is 0.292. The van der Waals surface area contributed by atoms with Crippen molar-refractivity contribution in [3.63, 3.8) is 0 Å². The summed E-state index contributed by atoms with van der Waals surface area (Å²) in [6.07, 6.45) is 0.268. The first kappa shape index (κ1) is 22.4. The minimum absolute atomic E-state index is 0.120. The molecule has 1 amide bonds. The zero-order chi connectivity index (χ0) is 23.7. The van der Waals surface area contributed by atoms with Crippen molar-refractivity contribution in [2.45, 2.75) is 32.9 Å². The van der Waals surface area contributed by atoms with E-state index in [-0.39, 0.29) is 37.1 Å². The summed E-state index contributed by atoms with van der Waals surface area (Å²) in [5.74, 6) is -2.45. The number of hydrogen-bond donors (Lipinski definition) is 1. The summed E-state index contributed by atoms with van der Waals surface area (Å²) in [4.78, 5) is 37.0. The third kappa shape index (κ3) is 4.30. The number of hydrogen-bond acceptors (Lipinski definition) is 5. The Morgan fingerprint density at radius 2 is 1.82 bits per heavy atom. The van der Waals surface area contributed by atoms with Crippen LogP contribution in [0.2, 0.25) is 0 Å². The predicted octanol–water partition coefficient (Wildman–Crippen LogP) is 3.26. The van der Waals surface area contributed by atoms with Gasteiger partial charge < -0.3 is 15.1 Å². The van der Waals surface area contributed by atoms with Crippen molar-refractivity contribution < 1.29 is 18.4 Å². The number of carbonyl (C=O) groups excluding carboxylic acids is 1. The van der Waals surface area contributed by atoms with Crippen LogP contribution in [-0.4, -0.2) is 34.2 Å². The number of amides is 1. The number of fused-ring (bicyclic) bond motifs is 1. The van der Waals surface area contributed by atoms with Gasteiger partial charge in [0.05, 0.1) is 23.8 Å². The standard InChI is InChI=1S/C24H24F2N4O3/c1-14-7-9-16(10-8-14)15(2)27-24-28-20-11-12-29(13-17(20)22(31)30(24)33-3)23(32)21-18(25)5-4-6-19(21)26/h4-10,15H,11-13H2,1-3H3,(H,27,28). The molecule has 0 aliphatic carbocycles. The molecule has 7 nitrogen and oxygen atoms in total. The molecule has 33 heavy (non-hydrogen) atoms. The van der Waals surface area contributed by atoms with Crippen LogP contribution in [0.25, 0.3) is 0 Å². The lowest BCUT2D eigenvalue weighted by molar-refractivity contribution is 0.0718. The molecule has 0 spiro atoms. The number of carbonyl (C=O) groups is 1. The molecule has 3 aromatic rings. The summed E-state index contributed by atoms with van der Waals surface area (Å²) >= 11 is 0. The number of rotatable bonds is 5. The Hall–Kier alpha value is -3.75. The van der Waals surface area contributed by atoms with Gasteiger partial charge in [0.1, 0.15) is 24.3 Å². The van der Waals surface area contributed by atoms with E-state index >= 15 is 0 Å². The van der Waals surface area contributed by atoms with Gasteiger partial charge in [-0.2, -0.15) is 0 Å². The first-order chi connectivity index (χ1) is 15.8. The van der Waals surface area contributed by atoms with Crippen molar-refractivity contribution in [2.75, 3.05) is 19.0 Å². The van der Waals surface area contributed by atoms with E-state index in [1.54, 1.807) is 0 Å². The average Bonchev–Trinajstić information content (AvgIpc) is 2.79. The number of nitrogens with one attached hydrogen (secondary N) is 1. The fourth-order valence-corrected chi connectivity index (χ4v) is 3.89. The maximum absolute atomic E-state index is 14.1. The minimum Gasteiger partial charge on any atom is -0.411 e. The molecular weight excluding hydrogens is 430 g/mol. The summed E-state index contributed by atoms with van der Waals surface area (Å²) in [7, 11) is 1.34. The molecule has 1 unspecified atom stereocenters. The van der Waals surface area contributed by atoms with E-state index in [4.69, 9.17) is 4.84 Å². The zero-order valence-corrected chi connectivity index (χ0v) is 18.6. The quantitative estimate of drug-likeness (QED) is 0.641. The molecular formula is C24H24F2N4O3. The lowest BCUT2D eigenvalue weighted by Gasteiger charge is -2.29. The largest absolute Gasteiger partial charge is 0.411 e. The fourth-order valence-electron chi connectivity index (χ4n) is 3.89. The Kier molecular flexibility index (Phi) is 6.13. The highest BCUT2D eigenvalue weighted by molar-refractivity contribution is 5.94. The number of aryl methyl sites for hydroxylation is 1. The van der Waals surface area contributed by atoms with Gasteiger partial charge in [-0.1, -0.05) is 35.9 Å². The van der Waals surface area contributed by atoms with Crippen LogP contribution in [0.4, 0.5) is 14.7 Å². The van der Waals surface area contributed by atoms with Crippen LogP contribution in [0.1, 0.15) is 45.7 Å². The van der Waals surface area contributed by atoms with Crippen molar-refractivity contribution in [1.82, 2.24) is 14.6 Å². The number of benzene rings is 2. The third-order valence-electron chi connectivity index (χ3n) is 5.76. The first-order valence-electron chi connectivity index (χ1n) is 10.6. The zero-order valence-electron chi connectivity index (χ0n) is 18.6. The summed E-state index contributed by atoms with van der Waals surface area (Å²) in [5, 5.41) is 3.21. The van der Waals surface area contributed by atoms with Gasteiger partial charge in [-0.05, 0) is 31.5 Å². The molecule has 0 bridgehead atoms. The summed E-state index contributed by atoms with van der Waals surface area (Å²) in [5.41, 5.74) is 1.81. The molecule has 1 aliphatic rings. The second kappa shape index (κ2) is 9.01. The highest BCUT2D eigenvalue weighted by Crippen LogP contribution is 2.23. The van der Waals surface area contributed by atoms with E-state index in [0.29, 0.717) is 5.69 Å². The van der Waals surface area contributed by atoms with Gasteiger partial charge in [0, 0.05) is 13.0 Å². The average molecular weight is 454 g/mol. The van der Waals surface area contributed by atoms with Crippen LogP contribution in [0.5, 0.6) is 0 Å². The monoisotopic (exact) mass is 454 g/mol. The molecule has 172 valence electrons. The van der Waals surface area contributed by atoms with E-state index in [0.717, 1.165) is 28.0 Å². The first-order valence-corrected chi connectivity index (χ1v) is 10.6. The highest BCUT2D eigenvalue weighted by Gasteiger charge is 2.30. The Bertz CT molecular complexity index is 1240. The van der Waals surface area contributed by atoms with E-state index in [9.17, 15) is 18.4 Å². The Morgan fingerprint density at radius 3 is 2.45 bits per heavy atom. The Balaban J connectivity index is 1.63. The van der Waals surface area contributed by atoms with E-state index in [1.807, 2.05) is 38.1 Å². The lowest BCUT2D eigenvalue weighted by atomic mass is 10.0. The number of anilines is 1. The maximum atomic E-state index is 14.1. The Labute approximate surface area is 189 Å². The molecule has 4 rings (SSSR count). The van der Waals surface area contributed by atoms with Crippen LogP contribution < -0.4 is 15.7 Å². The van der Waals surface area contributed by atoms with Gasteiger partial charge in [0.25, 0.3) is 11.5 Å². The van der Waals surface area contributed by atoms with Crippen LogP contribution in [0, 0.1) is 18.6 Å². The molecule has 1 aromatic heterocycles. The molecule has 1 atom stereocenters. The molecule has 1 N–H and O–H groups in total. The van der Waals surface area contributed by atoms with Crippen LogP contribution >= 0.6 is 0 Å². The van der Waals surface area contributed by atoms with Crippen LogP contribution in [0.3, 0.4) is 0 Å². The highest BCUT2D eigenvalue weighted by atomic mass is 19.1. The SMILES string of the molecule is COn1c(NC(C)c2ccc(C)cc2)nc2c(c1=O)CN(C(=O)c1c(F)cccc1F)CC2. The van der Waals surface area contributed by atoms with E-state index < -0.39 is 28.7 Å². The van der Waals surface area contributed by atoms with Crippen LogP contribution in [0.15, 0.2) is 47.3 Å². The molecule has 2 aromatic carbocycles. The van der Waals surface area contributed by atoms with Crippen molar-refractivity contribution in [2.24, 2.45) is 0 Å². The number of halogens is 2.